The highest BCUT2D eigenvalue weighted by molar-refractivity contribution is 7.91. The molecule has 0 unspecified atom stereocenters. The van der Waals surface area contributed by atoms with Crippen LogP contribution in [-0.4, -0.2) is 68.2 Å². The van der Waals surface area contributed by atoms with Gasteiger partial charge in [-0.3, -0.25) is 14.4 Å². The summed E-state index contributed by atoms with van der Waals surface area (Å²) in [5, 5.41) is 2.71. The van der Waals surface area contributed by atoms with Gasteiger partial charge in [-0.2, -0.15) is 0 Å². The van der Waals surface area contributed by atoms with E-state index in [0.717, 1.165) is 16.8 Å². The van der Waals surface area contributed by atoms with Crippen LogP contribution in [0.2, 0.25) is 0 Å². The van der Waals surface area contributed by atoms with E-state index in [0.29, 0.717) is 19.5 Å². The number of carbonyl (C=O) groups is 3. The van der Waals surface area contributed by atoms with E-state index in [9.17, 15) is 22.8 Å². The van der Waals surface area contributed by atoms with Gasteiger partial charge in [0.05, 0.1) is 24.0 Å². The van der Waals surface area contributed by atoms with Gasteiger partial charge in [-0.05, 0) is 44.4 Å². The second kappa shape index (κ2) is 8.75. The Labute approximate surface area is 177 Å². The maximum Gasteiger partial charge on any atom is 0.239 e. The third-order valence-corrected chi connectivity index (χ3v) is 7.73. The molecule has 2 fully saturated rings. The maximum atomic E-state index is 13.0. The molecule has 2 heterocycles. The smallest absolute Gasteiger partial charge is 0.239 e. The lowest BCUT2D eigenvalue weighted by atomic mass is 10.1. The molecule has 0 bridgehead atoms. The molecule has 2 aliphatic rings. The first-order valence-corrected chi connectivity index (χ1v) is 12.1. The van der Waals surface area contributed by atoms with E-state index in [1.807, 2.05) is 32.0 Å². The molecule has 0 spiro atoms. The van der Waals surface area contributed by atoms with Gasteiger partial charge in [0.15, 0.2) is 9.84 Å². The molecule has 30 heavy (non-hydrogen) atoms. The van der Waals surface area contributed by atoms with Gasteiger partial charge >= 0.3 is 0 Å². The number of aryl methyl sites for hydroxylation is 1. The van der Waals surface area contributed by atoms with Crippen molar-refractivity contribution in [1.29, 1.82) is 0 Å². The number of carbonyl (C=O) groups excluding carboxylic acids is 3. The van der Waals surface area contributed by atoms with Crippen molar-refractivity contribution >= 4 is 33.2 Å². The molecule has 1 N–H and O–H groups in total. The third-order valence-electron chi connectivity index (χ3n) is 5.97. The number of amides is 3. The first-order valence-electron chi connectivity index (χ1n) is 10.3. The number of benzene rings is 1. The van der Waals surface area contributed by atoms with E-state index >= 15 is 0 Å². The van der Waals surface area contributed by atoms with Crippen LogP contribution in [-0.2, 0) is 24.2 Å². The quantitative estimate of drug-likeness (QED) is 0.712. The first-order chi connectivity index (χ1) is 14.1. The van der Waals surface area contributed by atoms with E-state index < -0.39 is 21.8 Å². The zero-order valence-corrected chi connectivity index (χ0v) is 18.5. The van der Waals surface area contributed by atoms with Crippen molar-refractivity contribution in [2.45, 2.75) is 39.7 Å². The first kappa shape index (κ1) is 22.3. The van der Waals surface area contributed by atoms with Crippen LogP contribution in [0.15, 0.2) is 18.2 Å². The lowest BCUT2D eigenvalue weighted by Gasteiger charge is -2.25. The van der Waals surface area contributed by atoms with Crippen molar-refractivity contribution in [3.8, 4) is 0 Å². The average molecular weight is 436 g/mol. The Balaban J connectivity index is 1.62. The Kier molecular flexibility index (Phi) is 6.50. The summed E-state index contributed by atoms with van der Waals surface area (Å²) in [6.07, 6.45) is 0.515. The summed E-state index contributed by atoms with van der Waals surface area (Å²) >= 11 is 0. The van der Waals surface area contributed by atoms with Crippen molar-refractivity contribution in [1.82, 2.24) is 10.2 Å². The topological polar surface area (TPSA) is 104 Å². The number of anilines is 1. The fourth-order valence-electron chi connectivity index (χ4n) is 4.09. The second-order valence-electron chi connectivity index (χ2n) is 8.14. The minimum atomic E-state index is -3.09. The predicted molar refractivity (Wildman–Crippen MR) is 114 cm³/mol. The molecule has 8 nitrogen and oxygen atoms in total. The van der Waals surface area contributed by atoms with Crippen molar-refractivity contribution in [2.24, 2.45) is 5.92 Å². The van der Waals surface area contributed by atoms with Crippen LogP contribution in [0.5, 0.6) is 0 Å². The molecule has 0 aromatic heterocycles. The van der Waals surface area contributed by atoms with Crippen molar-refractivity contribution in [3.63, 3.8) is 0 Å². The fraction of sp³-hybridized carbons (Fsp3) is 0.571. The van der Waals surface area contributed by atoms with Gasteiger partial charge in [0, 0.05) is 31.2 Å². The fourth-order valence-corrected chi connectivity index (χ4v) is 5.77. The van der Waals surface area contributed by atoms with E-state index in [4.69, 9.17) is 0 Å². The van der Waals surface area contributed by atoms with Gasteiger partial charge in [-0.1, -0.05) is 12.1 Å². The predicted octanol–water partition coefficient (Wildman–Crippen LogP) is 0.808. The Morgan fingerprint density at radius 3 is 2.63 bits per heavy atom. The third kappa shape index (κ3) is 4.83. The van der Waals surface area contributed by atoms with Gasteiger partial charge in [0.2, 0.25) is 17.7 Å². The molecule has 3 rings (SSSR count). The van der Waals surface area contributed by atoms with Crippen molar-refractivity contribution in [3.05, 3.63) is 29.3 Å². The lowest BCUT2D eigenvalue weighted by molar-refractivity contribution is -0.139. The van der Waals surface area contributed by atoms with Gasteiger partial charge in [-0.25, -0.2) is 8.42 Å². The van der Waals surface area contributed by atoms with Crippen LogP contribution >= 0.6 is 0 Å². The van der Waals surface area contributed by atoms with Gasteiger partial charge in [-0.15, -0.1) is 0 Å². The van der Waals surface area contributed by atoms with Crippen molar-refractivity contribution in [2.75, 3.05) is 36.0 Å². The van der Waals surface area contributed by atoms with E-state index in [1.165, 1.54) is 4.90 Å². The Morgan fingerprint density at radius 2 is 2.00 bits per heavy atom. The minimum Gasteiger partial charge on any atom is -0.351 e. The van der Waals surface area contributed by atoms with Gasteiger partial charge in [0.1, 0.15) is 0 Å². The van der Waals surface area contributed by atoms with Crippen LogP contribution in [0.1, 0.15) is 30.9 Å². The van der Waals surface area contributed by atoms with Gasteiger partial charge < -0.3 is 15.1 Å². The second-order valence-corrected chi connectivity index (χ2v) is 10.4. The molecule has 164 valence electrons. The molecule has 1 aromatic carbocycles. The molecule has 9 heteroatoms. The molecule has 0 radical (unpaired) electrons. The highest BCUT2D eigenvalue weighted by Gasteiger charge is 2.38. The summed E-state index contributed by atoms with van der Waals surface area (Å²) in [7, 11) is -3.09. The molecule has 2 aliphatic heterocycles. The average Bonchev–Trinajstić information content (AvgIpc) is 3.23. The molecular weight excluding hydrogens is 406 g/mol. The zero-order chi connectivity index (χ0) is 22.1. The van der Waals surface area contributed by atoms with E-state index in [1.54, 1.807) is 11.8 Å². The number of sulfone groups is 1. The van der Waals surface area contributed by atoms with Crippen LogP contribution in [0.4, 0.5) is 5.69 Å². The summed E-state index contributed by atoms with van der Waals surface area (Å²) < 4.78 is 23.1. The number of nitrogens with one attached hydrogen (secondary N) is 1. The maximum absolute atomic E-state index is 13.0. The van der Waals surface area contributed by atoms with Crippen LogP contribution in [0, 0.1) is 19.8 Å². The zero-order valence-electron chi connectivity index (χ0n) is 17.7. The van der Waals surface area contributed by atoms with Crippen LogP contribution in [0.3, 0.4) is 0 Å². The normalized spacial score (nSPS) is 22.9. The minimum absolute atomic E-state index is 0.0548. The molecule has 3 amide bonds. The number of nitrogens with zero attached hydrogens (tertiary/aromatic N) is 2. The largest absolute Gasteiger partial charge is 0.351 e. The summed E-state index contributed by atoms with van der Waals surface area (Å²) in [5.41, 5.74) is 2.91. The summed E-state index contributed by atoms with van der Waals surface area (Å²) in [4.78, 5) is 41.0. The number of hydrogen-bond donors (Lipinski definition) is 1. The highest BCUT2D eigenvalue weighted by atomic mass is 32.2. The summed E-state index contributed by atoms with van der Waals surface area (Å²) in [6, 6.07) is 5.36. The summed E-state index contributed by atoms with van der Waals surface area (Å²) in [5.74, 6) is -1.18. The molecule has 0 saturated carbocycles. The Morgan fingerprint density at radius 1 is 1.27 bits per heavy atom. The molecule has 2 saturated heterocycles. The highest BCUT2D eigenvalue weighted by Crippen LogP contribution is 2.30. The number of hydrogen-bond acceptors (Lipinski definition) is 5. The Bertz CT molecular complexity index is 959. The monoisotopic (exact) mass is 435 g/mol. The molecule has 0 aliphatic carbocycles. The van der Waals surface area contributed by atoms with Crippen LogP contribution < -0.4 is 10.2 Å². The van der Waals surface area contributed by atoms with Crippen LogP contribution in [0.25, 0.3) is 0 Å². The van der Waals surface area contributed by atoms with Gasteiger partial charge in [0.25, 0.3) is 0 Å². The molecular formula is C21H29N3O5S. The SMILES string of the molecule is CCN(CC(=O)N[C@@H]1CCS(=O)(=O)C1)C(=O)[C@H]1CC(=O)N(c2cccc(C)c2C)C1. The number of likely N-dealkylation sites (N-methyl/N-ethyl adjacent to an activating group) is 1. The molecule has 2 atom stereocenters. The van der Waals surface area contributed by atoms with E-state index in [-0.39, 0.29) is 42.2 Å². The van der Waals surface area contributed by atoms with Crippen molar-refractivity contribution < 1.29 is 22.8 Å². The van der Waals surface area contributed by atoms with E-state index in [2.05, 4.69) is 5.32 Å². The summed E-state index contributed by atoms with van der Waals surface area (Å²) in [6.45, 7) is 6.21. The number of rotatable bonds is 6. The standard InChI is InChI=1S/C21H29N3O5S/c1-4-23(12-19(25)22-17-8-9-30(28,29)13-17)21(27)16-10-20(26)24(11-16)18-7-5-6-14(2)15(18)3/h5-7,16-17H,4,8-13H2,1-3H3,(H,22,25)/t16-,17+/m0/s1. The molecule has 1 aromatic rings. The Hall–Kier alpha value is -2.42. The lowest BCUT2D eigenvalue weighted by Crippen LogP contribution is -2.46.